The summed E-state index contributed by atoms with van der Waals surface area (Å²) in [7, 11) is 3.57. The molecule has 0 aliphatic carbocycles. The van der Waals surface area contributed by atoms with E-state index in [9.17, 15) is 0 Å². The van der Waals surface area contributed by atoms with Crippen molar-refractivity contribution in [3.8, 4) is 5.75 Å². The Labute approximate surface area is 179 Å². The minimum absolute atomic E-state index is 0.00559. The molecule has 7 nitrogen and oxygen atoms in total. The van der Waals surface area contributed by atoms with Crippen molar-refractivity contribution in [3.63, 3.8) is 0 Å². The van der Waals surface area contributed by atoms with Gasteiger partial charge in [-0.3, -0.25) is 4.99 Å². The Hall–Kier alpha value is -2.25. The molecule has 1 aromatic heterocycles. The summed E-state index contributed by atoms with van der Waals surface area (Å²) >= 11 is 0. The zero-order valence-corrected chi connectivity index (χ0v) is 18.7. The molecule has 0 bridgehead atoms. The lowest BCUT2D eigenvalue weighted by atomic mass is 9.97. The number of nitrogens with one attached hydrogen (secondary N) is 2. The molecule has 1 aliphatic rings. The van der Waals surface area contributed by atoms with Gasteiger partial charge in [0.25, 0.3) is 0 Å². The normalized spacial score (nSPS) is 17.3. The summed E-state index contributed by atoms with van der Waals surface area (Å²) in [5.74, 6) is 3.12. The van der Waals surface area contributed by atoms with Gasteiger partial charge in [-0.1, -0.05) is 12.1 Å². The molecule has 1 saturated heterocycles. The Morgan fingerprint density at radius 1 is 1.33 bits per heavy atom. The van der Waals surface area contributed by atoms with Gasteiger partial charge in [-0.15, -0.1) is 0 Å². The highest BCUT2D eigenvalue weighted by Crippen LogP contribution is 2.31. The summed E-state index contributed by atoms with van der Waals surface area (Å²) in [5.41, 5.74) is 0.797. The van der Waals surface area contributed by atoms with Crippen molar-refractivity contribution in [1.82, 2.24) is 15.5 Å². The molecule has 2 aromatic rings. The zero-order chi connectivity index (χ0) is 21.3. The van der Waals surface area contributed by atoms with Crippen LogP contribution < -0.4 is 15.4 Å². The molecule has 1 atom stereocenters. The number of para-hydroxylation sites is 1. The van der Waals surface area contributed by atoms with E-state index in [0.29, 0.717) is 12.5 Å². The Kier molecular flexibility index (Phi) is 8.39. The molecule has 2 N–H and O–H groups in total. The van der Waals surface area contributed by atoms with E-state index in [1.807, 2.05) is 25.1 Å². The molecule has 0 saturated carbocycles. The molecule has 166 valence electrons. The Balaban J connectivity index is 1.51. The number of rotatable bonds is 9. The summed E-state index contributed by atoms with van der Waals surface area (Å²) in [6, 6.07) is 8.04. The molecule has 1 aromatic carbocycles. The molecule has 1 unspecified atom stereocenters. The van der Waals surface area contributed by atoms with E-state index in [-0.39, 0.29) is 6.04 Å². The zero-order valence-electron chi connectivity index (χ0n) is 18.7. The molecule has 0 radical (unpaired) electrons. The van der Waals surface area contributed by atoms with Gasteiger partial charge in [0.2, 0.25) is 0 Å². The fourth-order valence-corrected chi connectivity index (χ4v) is 3.89. The van der Waals surface area contributed by atoms with Crippen LogP contribution in [0.3, 0.4) is 0 Å². The fourth-order valence-electron chi connectivity index (χ4n) is 3.89. The number of hydrogen-bond donors (Lipinski definition) is 2. The molecular formula is C23H36N4O3. The highest BCUT2D eigenvalue weighted by atomic mass is 16.5. The van der Waals surface area contributed by atoms with E-state index >= 15 is 0 Å². The van der Waals surface area contributed by atoms with Gasteiger partial charge < -0.3 is 29.4 Å². The van der Waals surface area contributed by atoms with Crippen molar-refractivity contribution in [1.29, 1.82) is 0 Å². The van der Waals surface area contributed by atoms with E-state index in [0.717, 1.165) is 61.2 Å². The van der Waals surface area contributed by atoms with Gasteiger partial charge in [-0.05, 0) is 57.8 Å². The number of aliphatic imine (C=N–C) groups is 1. The van der Waals surface area contributed by atoms with E-state index < -0.39 is 0 Å². The van der Waals surface area contributed by atoms with E-state index in [2.05, 4.69) is 33.5 Å². The van der Waals surface area contributed by atoms with Crippen LogP contribution >= 0.6 is 0 Å². The molecule has 0 spiro atoms. The average molecular weight is 417 g/mol. The predicted molar refractivity (Wildman–Crippen MR) is 121 cm³/mol. The number of methoxy groups -OCH3 is 1. The quantitative estimate of drug-likeness (QED) is 0.482. The summed E-state index contributed by atoms with van der Waals surface area (Å²) < 4.78 is 17.0. The van der Waals surface area contributed by atoms with E-state index in [1.54, 1.807) is 14.2 Å². The van der Waals surface area contributed by atoms with Gasteiger partial charge in [0.05, 0.1) is 19.3 Å². The first-order valence-corrected chi connectivity index (χ1v) is 11.0. The first-order chi connectivity index (χ1) is 14.6. The third kappa shape index (κ3) is 5.89. The maximum absolute atomic E-state index is 6.11. The van der Waals surface area contributed by atoms with Crippen LogP contribution in [0.1, 0.15) is 38.5 Å². The van der Waals surface area contributed by atoms with Crippen LogP contribution in [0, 0.1) is 5.92 Å². The lowest BCUT2D eigenvalue weighted by Crippen LogP contribution is -2.43. The molecule has 2 heterocycles. The number of ether oxygens (including phenoxy) is 2. The second-order valence-electron chi connectivity index (χ2n) is 7.85. The van der Waals surface area contributed by atoms with Crippen LogP contribution in [0.2, 0.25) is 0 Å². The maximum Gasteiger partial charge on any atom is 0.191 e. The first kappa shape index (κ1) is 22.4. The number of hydrogen-bond acceptors (Lipinski definition) is 5. The molecule has 0 amide bonds. The second-order valence-corrected chi connectivity index (χ2v) is 7.85. The third-order valence-electron chi connectivity index (χ3n) is 5.71. The summed E-state index contributed by atoms with van der Waals surface area (Å²) in [6.07, 6.45) is 2.40. The lowest BCUT2D eigenvalue weighted by molar-refractivity contribution is 0.121. The predicted octanol–water partition coefficient (Wildman–Crippen LogP) is 3.42. The van der Waals surface area contributed by atoms with Crippen LogP contribution in [-0.2, 0) is 4.74 Å². The monoisotopic (exact) mass is 416 g/mol. The van der Waals surface area contributed by atoms with Crippen molar-refractivity contribution in [2.45, 2.75) is 32.7 Å². The van der Waals surface area contributed by atoms with Gasteiger partial charge in [-0.25, -0.2) is 0 Å². The molecule has 30 heavy (non-hydrogen) atoms. The Bertz CT molecular complexity index is 812. The molecule has 7 heteroatoms. The van der Waals surface area contributed by atoms with Crippen molar-refractivity contribution < 1.29 is 13.9 Å². The molecule has 1 fully saturated rings. The van der Waals surface area contributed by atoms with Gasteiger partial charge in [-0.2, -0.15) is 0 Å². The molecule has 3 rings (SSSR count). The van der Waals surface area contributed by atoms with Crippen LogP contribution in [0.25, 0.3) is 11.0 Å². The van der Waals surface area contributed by atoms with Crippen LogP contribution in [0.4, 0.5) is 0 Å². The van der Waals surface area contributed by atoms with Crippen molar-refractivity contribution in [2.24, 2.45) is 10.9 Å². The number of nitrogens with zero attached hydrogens (tertiary/aromatic N) is 2. The number of likely N-dealkylation sites (tertiary alicyclic amines) is 1. The van der Waals surface area contributed by atoms with Crippen LogP contribution in [0.15, 0.2) is 33.7 Å². The average Bonchev–Trinajstić information content (AvgIpc) is 3.21. The van der Waals surface area contributed by atoms with Gasteiger partial charge in [0, 0.05) is 32.6 Å². The second kappa shape index (κ2) is 11.2. The van der Waals surface area contributed by atoms with Gasteiger partial charge in [0.1, 0.15) is 5.76 Å². The lowest BCUT2D eigenvalue weighted by Gasteiger charge is -2.32. The largest absolute Gasteiger partial charge is 0.490 e. The Morgan fingerprint density at radius 2 is 2.13 bits per heavy atom. The number of furan rings is 1. The molecule has 1 aliphatic heterocycles. The highest BCUT2D eigenvalue weighted by Gasteiger charge is 2.20. The minimum atomic E-state index is -0.00559. The summed E-state index contributed by atoms with van der Waals surface area (Å²) in [5, 5.41) is 7.99. The minimum Gasteiger partial charge on any atom is -0.490 e. The summed E-state index contributed by atoms with van der Waals surface area (Å²) in [6.45, 7) is 9.72. The number of guanidine groups is 1. The SMILES string of the molecule is CCOc1cccc2cc(C(C)NC(=NC)NCC3CCN(CCOC)CC3)oc12. The van der Waals surface area contributed by atoms with Crippen LogP contribution in [-0.4, -0.2) is 64.4 Å². The highest BCUT2D eigenvalue weighted by molar-refractivity contribution is 5.84. The topological polar surface area (TPSA) is 71.3 Å². The number of benzene rings is 1. The fraction of sp³-hybridized carbons (Fsp3) is 0.609. The van der Waals surface area contributed by atoms with Crippen molar-refractivity contribution >= 4 is 16.9 Å². The van der Waals surface area contributed by atoms with Crippen LogP contribution in [0.5, 0.6) is 5.75 Å². The standard InChI is InChI=1S/C23H36N4O3/c1-5-29-20-8-6-7-19-15-21(30-22(19)20)17(2)26-23(24-3)25-16-18-9-11-27(12-10-18)13-14-28-4/h6-8,15,17-18H,5,9-14,16H2,1-4H3,(H2,24,25,26). The van der Waals surface area contributed by atoms with Gasteiger partial charge >= 0.3 is 0 Å². The number of piperidine rings is 1. The first-order valence-electron chi connectivity index (χ1n) is 11.0. The van der Waals surface area contributed by atoms with Crippen molar-refractivity contribution in [2.75, 3.05) is 53.6 Å². The van der Waals surface area contributed by atoms with E-state index in [1.165, 1.54) is 12.8 Å². The molecular weight excluding hydrogens is 380 g/mol. The van der Waals surface area contributed by atoms with Crippen molar-refractivity contribution in [3.05, 3.63) is 30.0 Å². The Morgan fingerprint density at radius 3 is 2.83 bits per heavy atom. The number of fused-ring (bicyclic) bond motifs is 1. The smallest absolute Gasteiger partial charge is 0.191 e. The maximum atomic E-state index is 6.11. The van der Waals surface area contributed by atoms with E-state index in [4.69, 9.17) is 13.9 Å². The third-order valence-corrected chi connectivity index (χ3v) is 5.71. The summed E-state index contributed by atoms with van der Waals surface area (Å²) in [4.78, 5) is 6.87. The van der Waals surface area contributed by atoms with Gasteiger partial charge in [0.15, 0.2) is 17.3 Å².